The summed E-state index contributed by atoms with van der Waals surface area (Å²) in [6.45, 7) is 4.54. The van der Waals surface area contributed by atoms with Gasteiger partial charge in [0.25, 0.3) is 5.91 Å². The molecule has 0 bridgehead atoms. The molecule has 2 aliphatic heterocycles. The number of rotatable bonds is 9. The summed E-state index contributed by atoms with van der Waals surface area (Å²) in [6, 6.07) is 24.8. The number of hydrazone groups is 1. The third-order valence-corrected chi connectivity index (χ3v) is 6.64. The van der Waals surface area contributed by atoms with Gasteiger partial charge in [-0.25, -0.2) is 0 Å². The van der Waals surface area contributed by atoms with Crippen molar-refractivity contribution in [2.24, 2.45) is 10.1 Å². The summed E-state index contributed by atoms with van der Waals surface area (Å²) < 4.78 is 17.8. The first kappa shape index (κ1) is 25.3. The van der Waals surface area contributed by atoms with Crippen LogP contribution >= 0.6 is 11.8 Å². The summed E-state index contributed by atoms with van der Waals surface area (Å²) in [5.74, 6) is 1.33. The lowest BCUT2D eigenvalue weighted by molar-refractivity contribution is -0.114. The van der Waals surface area contributed by atoms with Gasteiger partial charge in [0.2, 0.25) is 5.17 Å². The zero-order chi connectivity index (χ0) is 26.5. The maximum absolute atomic E-state index is 12.8. The van der Waals surface area contributed by atoms with Gasteiger partial charge in [0.15, 0.2) is 17.3 Å². The van der Waals surface area contributed by atoms with Crippen LogP contribution in [0.25, 0.3) is 6.08 Å². The molecular formula is C29H26N4O4S. The maximum atomic E-state index is 12.8. The average Bonchev–Trinajstić information content (AvgIpc) is 3.35. The molecule has 0 radical (unpaired) electrons. The van der Waals surface area contributed by atoms with Crippen LogP contribution in [0.3, 0.4) is 0 Å². The molecule has 9 heteroatoms. The van der Waals surface area contributed by atoms with E-state index in [1.165, 1.54) is 16.8 Å². The molecule has 3 aromatic rings. The Bertz CT molecular complexity index is 1440. The Hall–Kier alpha value is -4.37. The van der Waals surface area contributed by atoms with Crippen LogP contribution in [0.15, 0.2) is 94.5 Å². The van der Waals surface area contributed by atoms with Crippen molar-refractivity contribution in [2.75, 3.05) is 13.2 Å². The highest BCUT2D eigenvalue weighted by molar-refractivity contribution is 8.27. The minimum Gasteiger partial charge on any atom is -0.490 e. The van der Waals surface area contributed by atoms with E-state index in [9.17, 15) is 4.79 Å². The van der Waals surface area contributed by atoms with Crippen molar-refractivity contribution in [1.82, 2.24) is 5.01 Å². The summed E-state index contributed by atoms with van der Waals surface area (Å²) in [7, 11) is 0. The fraction of sp³-hybridized carbons (Fsp3) is 0.172. The Morgan fingerprint density at radius 3 is 2.47 bits per heavy atom. The monoisotopic (exact) mass is 526 g/mol. The minimum absolute atomic E-state index is 0.0433. The summed E-state index contributed by atoms with van der Waals surface area (Å²) >= 11 is 1.22. The van der Waals surface area contributed by atoms with Crippen LogP contribution in [0.1, 0.15) is 31.1 Å². The van der Waals surface area contributed by atoms with E-state index >= 15 is 0 Å². The van der Waals surface area contributed by atoms with Crippen LogP contribution < -0.4 is 14.2 Å². The van der Waals surface area contributed by atoms with Crippen LogP contribution in [0.2, 0.25) is 0 Å². The van der Waals surface area contributed by atoms with E-state index in [1.54, 1.807) is 12.1 Å². The standard InChI is InChI=1S/C29H26N4O4S/c1-3-35-25-17-20(14-15-24(25)37-19(2)21-10-6-4-7-11-21)16-23-27(30)33-29(31-28(23)34)38-26(32-33)18-36-22-12-8-5-9-13-22/h4-17,19,30H,3,18H2,1-2H3/b23-16-,30-27?/t19-/m1/s1. The fourth-order valence-electron chi connectivity index (χ4n) is 3.88. The van der Waals surface area contributed by atoms with Crippen LogP contribution in [0, 0.1) is 5.41 Å². The highest BCUT2D eigenvalue weighted by atomic mass is 32.2. The molecule has 0 saturated heterocycles. The Labute approximate surface area is 225 Å². The number of amides is 1. The van der Waals surface area contributed by atoms with Crippen molar-refractivity contribution in [3.05, 3.63) is 95.6 Å². The smallest absolute Gasteiger partial charge is 0.283 e. The number of aliphatic imine (C=N–C) groups is 1. The molecule has 5 rings (SSSR count). The van der Waals surface area contributed by atoms with Crippen LogP contribution in [-0.4, -0.2) is 40.2 Å². The van der Waals surface area contributed by atoms with Gasteiger partial charge in [-0.2, -0.15) is 15.1 Å². The lowest BCUT2D eigenvalue weighted by Crippen LogP contribution is -2.35. The molecule has 0 spiro atoms. The molecule has 192 valence electrons. The van der Waals surface area contributed by atoms with Gasteiger partial charge >= 0.3 is 0 Å². The van der Waals surface area contributed by atoms with Crippen molar-refractivity contribution in [3.8, 4) is 17.2 Å². The van der Waals surface area contributed by atoms with Gasteiger partial charge in [0.05, 0.1) is 12.2 Å². The summed E-state index contributed by atoms with van der Waals surface area (Å²) in [4.78, 5) is 17.0. The molecule has 1 N–H and O–H groups in total. The molecule has 0 saturated carbocycles. The number of ether oxygens (including phenoxy) is 3. The Balaban J connectivity index is 1.34. The molecule has 0 aliphatic carbocycles. The maximum Gasteiger partial charge on any atom is 0.283 e. The Kier molecular flexibility index (Phi) is 7.55. The van der Waals surface area contributed by atoms with E-state index in [0.717, 1.165) is 5.56 Å². The fourth-order valence-corrected chi connectivity index (χ4v) is 4.68. The number of para-hydroxylation sites is 1. The lowest BCUT2D eigenvalue weighted by Gasteiger charge is -2.20. The topological polar surface area (TPSA) is 96.6 Å². The molecule has 0 aromatic heterocycles. The van der Waals surface area contributed by atoms with E-state index < -0.39 is 5.91 Å². The third kappa shape index (κ3) is 5.63. The normalized spacial score (nSPS) is 16.6. The number of hydrogen-bond donors (Lipinski definition) is 1. The van der Waals surface area contributed by atoms with E-state index in [-0.39, 0.29) is 24.1 Å². The first-order chi connectivity index (χ1) is 18.5. The number of nitrogens with one attached hydrogen (secondary N) is 1. The van der Waals surface area contributed by atoms with Crippen molar-refractivity contribution in [3.63, 3.8) is 0 Å². The molecule has 1 amide bonds. The summed E-state index contributed by atoms with van der Waals surface area (Å²) in [5.41, 5.74) is 1.87. The van der Waals surface area contributed by atoms with E-state index in [1.807, 2.05) is 86.6 Å². The number of hydrogen-bond acceptors (Lipinski definition) is 7. The molecule has 0 unspecified atom stereocenters. The minimum atomic E-state index is -0.495. The van der Waals surface area contributed by atoms with Gasteiger partial charge < -0.3 is 14.2 Å². The quantitative estimate of drug-likeness (QED) is 0.348. The molecular weight excluding hydrogens is 500 g/mol. The molecule has 38 heavy (non-hydrogen) atoms. The Morgan fingerprint density at radius 1 is 1.00 bits per heavy atom. The second-order valence-electron chi connectivity index (χ2n) is 8.43. The van der Waals surface area contributed by atoms with Crippen molar-refractivity contribution >= 4 is 39.8 Å². The Morgan fingerprint density at radius 2 is 1.74 bits per heavy atom. The molecule has 1 atom stereocenters. The second-order valence-corrected chi connectivity index (χ2v) is 9.47. The summed E-state index contributed by atoms with van der Waals surface area (Å²) in [5, 5.41) is 15.4. The van der Waals surface area contributed by atoms with E-state index in [4.69, 9.17) is 19.6 Å². The van der Waals surface area contributed by atoms with Gasteiger partial charge in [-0.05, 0) is 67.1 Å². The number of carbonyl (C=O) groups is 1. The number of benzene rings is 3. The predicted molar refractivity (Wildman–Crippen MR) is 150 cm³/mol. The van der Waals surface area contributed by atoms with Gasteiger partial charge in [-0.1, -0.05) is 54.6 Å². The van der Waals surface area contributed by atoms with E-state index in [2.05, 4.69) is 10.1 Å². The van der Waals surface area contributed by atoms with Crippen molar-refractivity contribution in [1.29, 1.82) is 5.41 Å². The van der Waals surface area contributed by atoms with Crippen molar-refractivity contribution < 1.29 is 19.0 Å². The largest absolute Gasteiger partial charge is 0.490 e. The zero-order valence-electron chi connectivity index (χ0n) is 21.0. The second kappa shape index (κ2) is 11.4. The van der Waals surface area contributed by atoms with Gasteiger partial charge in [0, 0.05) is 0 Å². The molecule has 0 fully saturated rings. The van der Waals surface area contributed by atoms with Gasteiger partial charge in [-0.3, -0.25) is 10.2 Å². The first-order valence-electron chi connectivity index (χ1n) is 12.2. The highest BCUT2D eigenvalue weighted by Crippen LogP contribution is 2.34. The predicted octanol–water partition coefficient (Wildman–Crippen LogP) is 5.92. The molecule has 8 nitrogen and oxygen atoms in total. The number of carbonyl (C=O) groups excluding carboxylic acids is 1. The van der Waals surface area contributed by atoms with Gasteiger partial charge in [-0.15, -0.1) is 0 Å². The third-order valence-electron chi connectivity index (χ3n) is 5.75. The van der Waals surface area contributed by atoms with E-state index in [0.29, 0.717) is 39.6 Å². The van der Waals surface area contributed by atoms with Crippen molar-refractivity contribution in [2.45, 2.75) is 20.0 Å². The lowest BCUT2D eigenvalue weighted by atomic mass is 10.1. The average molecular weight is 527 g/mol. The number of thioether (sulfide) groups is 1. The van der Waals surface area contributed by atoms with Crippen LogP contribution in [0.5, 0.6) is 17.2 Å². The number of nitrogens with zero attached hydrogens (tertiary/aromatic N) is 3. The number of fused-ring (bicyclic) bond motifs is 1. The SMILES string of the molecule is CCOc1cc(/C=C2/C(=N)N3N=C(COc4ccccc4)SC3=NC2=O)ccc1O[C@H](C)c1ccccc1. The molecule has 2 heterocycles. The number of amidine groups is 2. The van der Waals surface area contributed by atoms with Gasteiger partial charge in [0.1, 0.15) is 23.5 Å². The molecule has 3 aromatic carbocycles. The summed E-state index contributed by atoms with van der Waals surface area (Å²) in [6.07, 6.45) is 1.45. The zero-order valence-corrected chi connectivity index (χ0v) is 21.8. The van der Waals surface area contributed by atoms with Crippen LogP contribution in [-0.2, 0) is 4.79 Å². The molecule has 2 aliphatic rings. The highest BCUT2D eigenvalue weighted by Gasteiger charge is 2.35. The first-order valence-corrected chi connectivity index (χ1v) is 13.0. The van der Waals surface area contributed by atoms with Crippen LogP contribution in [0.4, 0.5) is 0 Å².